The molecule has 1 saturated carbocycles. The maximum atomic E-state index is 6.20. The van der Waals surface area contributed by atoms with Crippen LogP contribution >= 0.6 is 23.2 Å². The molecule has 0 spiro atoms. The zero-order chi connectivity index (χ0) is 13.9. The van der Waals surface area contributed by atoms with Gasteiger partial charge < -0.3 is 10.3 Å². The first kappa shape index (κ1) is 12.1. The summed E-state index contributed by atoms with van der Waals surface area (Å²) in [6, 6.07) is 2.17. The van der Waals surface area contributed by atoms with E-state index in [4.69, 9.17) is 28.9 Å². The Morgan fingerprint density at radius 1 is 1.30 bits per heavy atom. The Morgan fingerprint density at radius 2 is 2.10 bits per heavy atom. The van der Waals surface area contributed by atoms with E-state index in [-0.39, 0.29) is 0 Å². The van der Waals surface area contributed by atoms with Crippen molar-refractivity contribution in [1.29, 1.82) is 0 Å². The topological polar surface area (TPSA) is 61.1 Å². The molecule has 5 nitrogen and oxygen atoms in total. The Morgan fingerprint density at radius 3 is 2.85 bits per heavy atom. The molecule has 1 aliphatic carbocycles. The minimum Gasteiger partial charge on any atom is -0.383 e. The highest BCUT2D eigenvalue weighted by Gasteiger charge is 2.27. The molecular formula is C13H11Cl2N5. The lowest BCUT2D eigenvalue weighted by Crippen LogP contribution is -1.98. The third kappa shape index (κ3) is 1.70. The van der Waals surface area contributed by atoms with Gasteiger partial charge in [0.2, 0.25) is 0 Å². The normalized spacial score (nSPS) is 15.1. The second-order valence-electron chi connectivity index (χ2n) is 4.96. The van der Waals surface area contributed by atoms with Crippen molar-refractivity contribution in [3.63, 3.8) is 0 Å². The van der Waals surface area contributed by atoms with Crippen LogP contribution in [-0.4, -0.2) is 18.9 Å². The molecule has 0 radical (unpaired) electrons. The van der Waals surface area contributed by atoms with Crippen LogP contribution in [0, 0.1) is 0 Å². The Hall–Kier alpha value is -1.72. The number of fused-ring (bicyclic) bond motifs is 1. The van der Waals surface area contributed by atoms with Crippen LogP contribution in [0.15, 0.2) is 24.8 Å². The van der Waals surface area contributed by atoms with E-state index < -0.39 is 0 Å². The third-order valence-corrected chi connectivity index (χ3v) is 4.01. The summed E-state index contributed by atoms with van der Waals surface area (Å²) < 4.78 is 3.83. The van der Waals surface area contributed by atoms with Gasteiger partial charge in [-0.25, -0.2) is 9.97 Å². The van der Waals surface area contributed by atoms with Gasteiger partial charge in [0.15, 0.2) is 5.65 Å². The summed E-state index contributed by atoms with van der Waals surface area (Å²) in [4.78, 5) is 8.76. The van der Waals surface area contributed by atoms with Gasteiger partial charge in [0.25, 0.3) is 0 Å². The van der Waals surface area contributed by atoms with E-state index in [2.05, 4.69) is 14.5 Å². The van der Waals surface area contributed by atoms with Crippen LogP contribution < -0.4 is 5.73 Å². The Labute approximate surface area is 125 Å². The quantitative estimate of drug-likeness (QED) is 0.789. The summed E-state index contributed by atoms with van der Waals surface area (Å²) in [5.74, 6) is 0.520. The molecule has 4 rings (SSSR count). The predicted octanol–water partition coefficient (Wildman–Crippen LogP) is 3.42. The number of nitrogen functional groups attached to an aromatic ring is 1. The van der Waals surface area contributed by atoms with Crippen molar-refractivity contribution in [1.82, 2.24) is 18.9 Å². The number of nitrogens with zero attached hydrogens (tertiary/aromatic N) is 4. The van der Waals surface area contributed by atoms with Crippen LogP contribution in [-0.2, 0) is 0 Å². The van der Waals surface area contributed by atoms with Gasteiger partial charge in [-0.2, -0.15) is 0 Å². The number of imidazole rings is 2. The molecule has 0 atom stereocenters. The SMILES string of the molecule is Nc1c(-c2cncn2C2CC2)nc2c(Cl)cc(Cl)cn12. The van der Waals surface area contributed by atoms with Crippen molar-refractivity contribution in [2.24, 2.45) is 0 Å². The molecule has 0 saturated heterocycles. The van der Waals surface area contributed by atoms with Crippen molar-refractivity contribution in [3.05, 3.63) is 34.8 Å². The van der Waals surface area contributed by atoms with Gasteiger partial charge in [-0.3, -0.25) is 4.40 Å². The lowest BCUT2D eigenvalue weighted by molar-refractivity contribution is 0.746. The monoisotopic (exact) mass is 307 g/mol. The second-order valence-corrected chi connectivity index (χ2v) is 5.81. The van der Waals surface area contributed by atoms with Crippen molar-refractivity contribution in [2.75, 3.05) is 5.73 Å². The Kier molecular flexibility index (Phi) is 2.49. The first-order chi connectivity index (χ1) is 9.65. The van der Waals surface area contributed by atoms with Crippen molar-refractivity contribution in [3.8, 4) is 11.4 Å². The van der Waals surface area contributed by atoms with E-state index in [1.807, 2.05) is 6.33 Å². The van der Waals surface area contributed by atoms with E-state index in [1.165, 1.54) is 12.8 Å². The van der Waals surface area contributed by atoms with Crippen molar-refractivity contribution >= 4 is 34.7 Å². The van der Waals surface area contributed by atoms with Crippen LogP contribution in [0.3, 0.4) is 0 Å². The van der Waals surface area contributed by atoms with E-state index >= 15 is 0 Å². The lowest BCUT2D eigenvalue weighted by Gasteiger charge is -2.04. The molecule has 102 valence electrons. The number of halogens is 2. The smallest absolute Gasteiger partial charge is 0.158 e. The standard InChI is InChI=1S/C13H11Cl2N5/c14-7-3-9(15)13-18-11(12(16)19(13)5-7)10-4-17-6-20(10)8-1-2-8/h3-6,8H,1-2,16H2. The second kappa shape index (κ2) is 4.14. The fourth-order valence-electron chi connectivity index (χ4n) is 2.41. The molecule has 7 heteroatoms. The number of hydrogen-bond acceptors (Lipinski definition) is 3. The predicted molar refractivity (Wildman–Crippen MR) is 79.1 cm³/mol. The molecule has 3 heterocycles. The molecule has 1 fully saturated rings. The van der Waals surface area contributed by atoms with Crippen LogP contribution in [0.2, 0.25) is 10.0 Å². The fraction of sp³-hybridized carbons (Fsp3) is 0.231. The summed E-state index contributed by atoms with van der Waals surface area (Å²) in [7, 11) is 0. The molecular weight excluding hydrogens is 297 g/mol. The van der Waals surface area contributed by atoms with Gasteiger partial charge in [-0.15, -0.1) is 0 Å². The first-order valence-electron chi connectivity index (χ1n) is 6.30. The van der Waals surface area contributed by atoms with E-state index in [0.29, 0.717) is 33.2 Å². The summed E-state index contributed by atoms with van der Waals surface area (Å²) in [6.07, 6.45) is 7.66. The van der Waals surface area contributed by atoms with Crippen molar-refractivity contribution in [2.45, 2.75) is 18.9 Å². The Bertz CT molecular complexity index is 816. The lowest BCUT2D eigenvalue weighted by atomic mass is 10.3. The summed E-state index contributed by atoms with van der Waals surface area (Å²) >= 11 is 12.2. The molecule has 20 heavy (non-hydrogen) atoms. The molecule has 0 aromatic carbocycles. The number of nitrogens with two attached hydrogens (primary N) is 1. The molecule has 0 unspecified atom stereocenters. The van der Waals surface area contributed by atoms with E-state index in [0.717, 1.165) is 5.69 Å². The molecule has 3 aromatic heterocycles. The molecule has 0 amide bonds. The highest BCUT2D eigenvalue weighted by molar-refractivity contribution is 6.36. The zero-order valence-corrected chi connectivity index (χ0v) is 11.9. The highest BCUT2D eigenvalue weighted by Crippen LogP contribution is 2.39. The van der Waals surface area contributed by atoms with Gasteiger partial charge in [-0.1, -0.05) is 23.2 Å². The minimum atomic E-state index is 0.480. The van der Waals surface area contributed by atoms with Crippen molar-refractivity contribution < 1.29 is 0 Å². The van der Waals surface area contributed by atoms with Crippen LogP contribution in [0.1, 0.15) is 18.9 Å². The average molecular weight is 308 g/mol. The number of aromatic nitrogens is 4. The Balaban J connectivity index is 1.98. The third-order valence-electron chi connectivity index (χ3n) is 3.53. The number of rotatable bonds is 2. The molecule has 0 bridgehead atoms. The number of anilines is 1. The summed E-state index contributed by atoms with van der Waals surface area (Å²) in [6.45, 7) is 0. The first-order valence-corrected chi connectivity index (χ1v) is 7.05. The maximum absolute atomic E-state index is 6.20. The number of pyridine rings is 1. The fourth-order valence-corrected chi connectivity index (χ4v) is 2.92. The number of hydrogen-bond donors (Lipinski definition) is 1. The van der Waals surface area contributed by atoms with Gasteiger partial charge in [0, 0.05) is 12.2 Å². The molecule has 2 N–H and O–H groups in total. The molecule has 3 aromatic rings. The van der Waals surface area contributed by atoms with Crippen LogP contribution in [0.4, 0.5) is 5.82 Å². The molecule has 0 aliphatic heterocycles. The largest absolute Gasteiger partial charge is 0.383 e. The van der Waals surface area contributed by atoms with Crippen LogP contribution in [0.5, 0.6) is 0 Å². The zero-order valence-electron chi connectivity index (χ0n) is 10.4. The van der Waals surface area contributed by atoms with Gasteiger partial charge in [0.1, 0.15) is 11.5 Å². The van der Waals surface area contributed by atoms with Gasteiger partial charge >= 0.3 is 0 Å². The molecule has 1 aliphatic rings. The average Bonchev–Trinajstić information content (AvgIpc) is 3.05. The summed E-state index contributed by atoms with van der Waals surface area (Å²) in [5, 5.41) is 1.00. The van der Waals surface area contributed by atoms with E-state index in [9.17, 15) is 0 Å². The van der Waals surface area contributed by atoms with Gasteiger partial charge in [0.05, 0.1) is 28.3 Å². The summed E-state index contributed by atoms with van der Waals surface area (Å²) in [5.41, 5.74) is 8.41. The maximum Gasteiger partial charge on any atom is 0.158 e. The van der Waals surface area contributed by atoms with E-state index in [1.54, 1.807) is 22.9 Å². The van der Waals surface area contributed by atoms with Gasteiger partial charge in [-0.05, 0) is 18.9 Å². The highest BCUT2D eigenvalue weighted by atomic mass is 35.5. The van der Waals surface area contributed by atoms with Crippen LogP contribution in [0.25, 0.3) is 17.0 Å². The minimum absolute atomic E-state index is 0.480.